The van der Waals surface area contributed by atoms with Gasteiger partial charge in [-0.1, -0.05) is 92.9 Å². The lowest BCUT2D eigenvalue weighted by molar-refractivity contribution is -0.138. The number of thiocarbonyl (C=S) groups is 1. The lowest BCUT2D eigenvalue weighted by Crippen LogP contribution is -2.67. The number of fused-ring (bicyclic) bond motifs is 3. The van der Waals surface area contributed by atoms with Crippen LogP contribution in [-0.4, -0.2) is 62.2 Å². The first-order chi connectivity index (χ1) is 21.8. The number of carbonyl (C=O) groups is 3. The molecular weight excluding hydrogens is 652 g/mol. The first kappa shape index (κ1) is 35.4. The Balaban J connectivity index is 1.80. The Morgan fingerprint density at radius 2 is 1.87 bits per heavy atom. The lowest BCUT2D eigenvalue weighted by atomic mass is 9.78. The van der Waals surface area contributed by atoms with E-state index in [0.717, 1.165) is 16.2 Å². The van der Waals surface area contributed by atoms with Crippen LogP contribution >= 0.6 is 35.4 Å². The molecule has 2 aromatic carbocycles. The number of H-pyrrole nitrogens is 1. The van der Waals surface area contributed by atoms with Gasteiger partial charge >= 0.3 is 6.09 Å². The fourth-order valence-corrected chi connectivity index (χ4v) is 7.08. The molecule has 1 heterocycles. The molecule has 0 saturated carbocycles. The van der Waals surface area contributed by atoms with Crippen LogP contribution in [0, 0.1) is 11.8 Å². The van der Waals surface area contributed by atoms with Crippen molar-refractivity contribution < 1.29 is 23.9 Å². The van der Waals surface area contributed by atoms with Crippen LogP contribution < -0.4 is 16.4 Å². The number of alkyl halides is 1. The quantitative estimate of drug-likeness (QED) is 0.136. The van der Waals surface area contributed by atoms with Gasteiger partial charge in [-0.3, -0.25) is 18.9 Å². The van der Waals surface area contributed by atoms with Crippen LogP contribution in [-0.2, 0) is 29.0 Å². The van der Waals surface area contributed by atoms with Gasteiger partial charge in [-0.25, -0.2) is 4.79 Å². The van der Waals surface area contributed by atoms with Crippen LogP contribution in [0.25, 0.3) is 10.9 Å². The van der Waals surface area contributed by atoms with Crippen molar-refractivity contribution in [3.8, 4) is 0 Å². The van der Waals surface area contributed by atoms with Crippen LogP contribution in [0.3, 0.4) is 0 Å². The Morgan fingerprint density at radius 3 is 2.48 bits per heavy atom. The summed E-state index contributed by atoms with van der Waals surface area (Å²) in [4.78, 5) is 45.9. The Kier molecular flexibility index (Phi) is 11.6. The minimum absolute atomic E-state index is 0.0527. The van der Waals surface area contributed by atoms with Crippen molar-refractivity contribution in [2.75, 3.05) is 6.67 Å². The lowest BCUT2D eigenvalue weighted by Gasteiger charge is -2.41. The maximum Gasteiger partial charge on any atom is 0.408 e. The van der Waals surface area contributed by atoms with E-state index in [0.29, 0.717) is 39.4 Å². The van der Waals surface area contributed by atoms with Gasteiger partial charge in [0.1, 0.15) is 11.6 Å². The molecule has 1 aliphatic carbocycles. The molecule has 2 unspecified atom stereocenters. The van der Waals surface area contributed by atoms with Crippen molar-refractivity contribution in [2.45, 2.75) is 77.0 Å². The third-order valence-corrected chi connectivity index (χ3v) is 9.82. The summed E-state index contributed by atoms with van der Waals surface area (Å²) in [6.07, 6.45) is -0.124. The molecule has 46 heavy (non-hydrogen) atoms. The summed E-state index contributed by atoms with van der Waals surface area (Å²) >= 11 is 18.2. The summed E-state index contributed by atoms with van der Waals surface area (Å²) in [6, 6.07) is 10.3. The first-order valence-corrected chi connectivity index (χ1v) is 16.5. The Morgan fingerprint density at radius 1 is 1.17 bits per heavy atom. The first-order valence-electron chi connectivity index (χ1n) is 15.3. The number of carbonyl (C=O) groups excluding carboxylic acids is 2. The van der Waals surface area contributed by atoms with E-state index >= 15 is 0 Å². The summed E-state index contributed by atoms with van der Waals surface area (Å²) in [5.74, 6) is -2.01. The number of amides is 3. The molecule has 1 aromatic heterocycles. The summed E-state index contributed by atoms with van der Waals surface area (Å²) < 4.78 is 13.7. The van der Waals surface area contributed by atoms with Crippen molar-refractivity contribution in [2.24, 2.45) is 17.6 Å². The zero-order chi connectivity index (χ0) is 33.8. The minimum Gasteiger partial charge on any atom is -0.465 e. The van der Waals surface area contributed by atoms with Crippen molar-refractivity contribution in [1.29, 1.82) is 0 Å². The standard InChI is InChI=1S/C33H40Cl2FN5O4S/c1-4-18(2)26(29(37)46)39-31(43)33(12-10-25-23(16-33)22-14-21(34)15-24(35)27(22)38-25)40-30(42)28(19(3)11-13-36)41(32(44)45)17-20-8-6-5-7-9-20/h5-9,14-15,18-19,26,28,38H,4,10-13,16-17H2,1-3H3,(H2,37,46)(H,39,43)(H,40,42)(H,44,45)/t18-,19?,26-,28?,33+/m0/s1. The molecule has 3 amide bonds. The van der Waals surface area contributed by atoms with E-state index in [4.69, 9.17) is 41.2 Å². The third-order valence-electron chi connectivity index (χ3n) is 9.05. The summed E-state index contributed by atoms with van der Waals surface area (Å²) in [7, 11) is 0. The van der Waals surface area contributed by atoms with Gasteiger partial charge in [0, 0.05) is 29.1 Å². The molecule has 0 fully saturated rings. The van der Waals surface area contributed by atoms with E-state index in [1.807, 2.05) is 13.8 Å². The molecule has 0 aliphatic heterocycles. The minimum atomic E-state index is -1.53. The second-order valence-electron chi connectivity index (χ2n) is 12.2. The van der Waals surface area contributed by atoms with Gasteiger partial charge in [0.2, 0.25) is 11.8 Å². The van der Waals surface area contributed by atoms with E-state index in [1.165, 1.54) is 0 Å². The number of nitrogens with two attached hydrogens (primary N) is 1. The smallest absolute Gasteiger partial charge is 0.408 e. The van der Waals surface area contributed by atoms with Crippen molar-refractivity contribution >= 4 is 69.2 Å². The number of hydrogen-bond donors (Lipinski definition) is 5. The van der Waals surface area contributed by atoms with Crippen LogP contribution in [0.1, 0.15) is 56.9 Å². The molecule has 0 spiro atoms. The number of hydrogen-bond acceptors (Lipinski definition) is 4. The zero-order valence-corrected chi connectivity index (χ0v) is 28.4. The molecule has 0 bridgehead atoms. The maximum atomic E-state index is 14.4. The number of aryl methyl sites for hydroxylation is 1. The van der Waals surface area contributed by atoms with Crippen LogP contribution in [0.5, 0.6) is 0 Å². The fraction of sp³-hybridized carbons (Fsp3) is 0.455. The highest BCUT2D eigenvalue weighted by Gasteiger charge is 2.47. The number of aromatic amines is 1. The highest BCUT2D eigenvalue weighted by atomic mass is 35.5. The van der Waals surface area contributed by atoms with Crippen LogP contribution in [0.15, 0.2) is 42.5 Å². The normalized spacial score (nSPS) is 18.6. The number of rotatable bonds is 13. The van der Waals surface area contributed by atoms with Crippen molar-refractivity contribution in [3.63, 3.8) is 0 Å². The second-order valence-corrected chi connectivity index (χ2v) is 13.5. The molecule has 6 N–H and O–H groups in total. The van der Waals surface area contributed by atoms with E-state index in [1.54, 1.807) is 49.4 Å². The molecule has 0 saturated heterocycles. The second kappa shape index (κ2) is 15.0. The summed E-state index contributed by atoms with van der Waals surface area (Å²) in [5, 5.41) is 17.8. The summed E-state index contributed by atoms with van der Waals surface area (Å²) in [6.45, 7) is 4.65. The summed E-state index contributed by atoms with van der Waals surface area (Å²) in [5.41, 5.74) is 7.45. The third kappa shape index (κ3) is 7.58. The van der Waals surface area contributed by atoms with Crippen molar-refractivity contribution in [3.05, 3.63) is 69.3 Å². The van der Waals surface area contributed by atoms with E-state index in [9.17, 15) is 23.9 Å². The number of halogens is 3. The molecule has 13 heteroatoms. The van der Waals surface area contributed by atoms with Crippen LogP contribution in [0.4, 0.5) is 9.18 Å². The van der Waals surface area contributed by atoms with E-state index < -0.39 is 48.1 Å². The van der Waals surface area contributed by atoms with Gasteiger partial charge in [0.05, 0.1) is 28.2 Å². The topological polar surface area (TPSA) is 141 Å². The monoisotopic (exact) mass is 691 g/mol. The molecule has 4 rings (SSSR count). The maximum absolute atomic E-state index is 14.4. The molecular formula is C33H40Cl2FN5O4S. The van der Waals surface area contributed by atoms with E-state index in [2.05, 4.69) is 15.6 Å². The van der Waals surface area contributed by atoms with Gasteiger partial charge in [-0.05, 0) is 54.4 Å². The number of carboxylic acid groups (broad SMARTS) is 1. The Hall–Kier alpha value is -3.41. The van der Waals surface area contributed by atoms with Gasteiger partial charge < -0.3 is 26.5 Å². The van der Waals surface area contributed by atoms with E-state index in [-0.39, 0.29) is 36.7 Å². The SMILES string of the molecule is CC[C@H](C)[C@H](NC(=O)[C@@]1(NC(=O)C(C(C)CCF)N(Cc2ccccc2)C(=O)O)CCc2[nH]c3c(Cl)cc(Cl)cc3c2C1)C(N)=S. The number of nitrogens with one attached hydrogen (secondary N) is 3. The molecule has 0 radical (unpaired) electrons. The molecule has 248 valence electrons. The van der Waals surface area contributed by atoms with Gasteiger partial charge in [0.25, 0.3) is 0 Å². The highest BCUT2D eigenvalue weighted by molar-refractivity contribution is 7.80. The van der Waals surface area contributed by atoms with Crippen molar-refractivity contribution in [1.82, 2.24) is 20.5 Å². The molecule has 3 aromatic rings. The predicted octanol–water partition coefficient (Wildman–Crippen LogP) is 6.18. The average molecular weight is 693 g/mol. The average Bonchev–Trinajstić information content (AvgIpc) is 3.37. The molecule has 9 nitrogen and oxygen atoms in total. The Bertz CT molecular complexity index is 1610. The van der Waals surface area contributed by atoms with Gasteiger partial charge in [0.15, 0.2) is 0 Å². The predicted molar refractivity (Wildman–Crippen MR) is 183 cm³/mol. The number of nitrogens with zero attached hydrogens (tertiary/aromatic N) is 1. The number of benzene rings is 2. The fourth-order valence-electron chi connectivity index (χ4n) is 6.25. The van der Waals surface area contributed by atoms with Gasteiger partial charge in [-0.2, -0.15) is 0 Å². The van der Waals surface area contributed by atoms with Gasteiger partial charge in [-0.15, -0.1) is 0 Å². The Labute approximate surface area is 283 Å². The largest absolute Gasteiger partial charge is 0.465 e. The zero-order valence-electron chi connectivity index (χ0n) is 26.0. The molecule has 5 atom stereocenters. The number of aromatic nitrogens is 1. The van der Waals surface area contributed by atoms with Crippen LogP contribution in [0.2, 0.25) is 10.0 Å². The highest BCUT2D eigenvalue weighted by Crippen LogP contribution is 2.38. The molecule has 1 aliphatic rings.